The van der Waals surface area contributed by atoms with Gasteiger partial charge >= 0.3 is 0 Å². The molecule has 0 aliphatic rings. The Morgan fingerprint density at radius 3 is 2.67 bits per heavy atom. The lowest BCUT2D eigenvalue weighted by Crippen LogP contribution is -2.04. The van der Waals surface area contributed by atoms with Gasteiger partial charge in [-0.1, -0.05) is 13.8 Å². The fourth-order valence-corrected chi connectivity index (χ4v) is 0.788. The van der Waals surface area contributed by atoms with E-state index in [1.807, 2.05) is 13.8 Å². The Morgan fingerprint density at radius 2 is 2.25 bits per heavy atom. The van der Waals surface area contributed by atoms with Crippen molar-refractivity contribution >= 4 is 12.1 Å². The first-order valence-electron chi connectivity index (χ1n) is 3.72. The quantitative estimate of drug-likeness (QED) is 0.663. The van der Waals surface area contributed by atoms with Crippen molar-refractivity contribution in [3.8, 4) is 0 Å². The predicted octanol–water partition coefficient (Wildman–Crippen LogP) is 0.995. The zero-order chi connectivity index (χ0) is 9.14. The molecule has 64 valence electrons. The number of aromatic nitrogens is 2. The fourth-order valence-electron chi connectivity index (χ4n) is 0.788. The van der Waals surface area contributed by atoms with Crippen LogP contribution in [-0.4, -0.2) is 16.3 Å². The van der Waals surface area contributed by atoms with Gasteiger partial charge in [0, 0.05) is 12.1 Å². The van der Waals surface area contributed by atoms with E-state index in [0.717, 1.165) is 0 Å². The lowest BCUT2D eigenvalue weighted by molar-refractivity contribution is 0.112. The van der Waals surface area contributed by atoms with E-state index in [0.29, 0.717) is 17.7 Å². The number of hydrogen-bond acceptors (Lipinski definition) is 4. The molecular weight excluding hydrogens is 154 g/mol. The van der Waals surface area contributed by atoms with Crippen LogP contribution in [0.25, 0.3) is 0 Å². The first-order chi connectivity index (χ1) is 5.65. The zero-order valence-corrected chi connectivity index (χ0v) is 7.11. The molecule has 0 aromatic carbocycles. The summed E-state index contributed by atoms with van der Waals surface area (Å²) in [5.74, 6) is 1.15. The van der Waals surface area contributed by atoms with Gasteiger partial charge in [0.25, 0.3) is 0 Å². The van der Waals surface area contributed by atoms with E-state index in [4.69, 9.17) is 5.73 Å². The standard InChI is InChI=1S/C8H11N3O/c1-5(2)8-10-3-6(4-12)7(9)11-8/h3-5H,1-2H3,(H2,9,10,11). The average molecular weight is 165 g/mol. The van der Waals surface area contributed by atoms with Crippen LogP contribution in [0.2, 0.25) is 0 Å². The van der Waals surface area contributed by atoms with Crippen molar-refractivity contribution in [1.29, 1.82) is 0 Å². The molecule has 0 atom stereocenters. The molecule has 0 radical (unpaired) electrons. The van der Waals surface area contributed by atoms with E-state index in [1.165, 1.54) is 6.20 Å². The summed E-state index contributed by atoms with van der Waals surface area (Å²) in [6.07, 6.45) is 2.10. The predicted molar refractivity (Wildman–Crippen MR) is 45.9 cm³/mol. The highest BCUT2D eigenvalue weighted by Crippen LogP contribution is 2.11. The number of rotatable bonds is 2. The van der Waals surface area contributed by atoms with Gasteiger partial charge in [-0.25, -0.2) is 9.97 Å². The molecule has 2 N–H and O–H groups in total. The summed E-state index contributed by atoms with van der Waals surface area (Å²) < 4.78 is 0. The van der Waals surface area contributed by atoms with Crippen molar-refractivity contribution in [2.45, 2.75) is 19.8 Å². The molecule has 0 saturated carbocycles. The highest BCUT2D eigenvalue weighted by molar-refractivity contribution is 5.80. The summed E-state index contributed by atoms with van der Waals surface area (Å²) in [7, 11) is 0. The Kier molecular flexibility index (Phi) is 2.38. The second-order valence-electron chi connectivity index (χ2n) is 2.84. The van der Waals surface area contributed by atoms with E-state index in [-0.39, 0.29) is 11.7 Å². The Bertz CT molecular complexity index is 296. The molecule has 12 heavy (non-hydrogen) atoms. The maximum absolute atomic E-state index is 10.3. The SMILES string of the molecule is CC(C)c1ncc(C=O)c(N)n1. The van der Waals surface area contributed by atoms with Crippen LogP contribution in [0.5, 0.6) is 0 Å². The summed E-state index contributed by atoms with van der Waals surface area (Å²) >= 11 is 0. The number of aldehydes is 1. The largest absolute Gasteiger partial charge is 0.383 e. The minimum Gasteiger partial charge on any atom is -0.383 e. The average Bonchev–Trinajstić information content (AvgIpc) is 2.04. The molecule has 1 aromatic rings. The molecule has 0 fully saturated rings. The summed E-state index contributed by atoms with van der Waals surface area (Å²) in [6.45, 7) is 3.94. The van der Waals surface area contributed by atoms with Crippen molar-refractivity contribution < 1.29 is 4.79 Å². The van der Waals surface area contributed by atoms with Gasteiger partial charge < -0.3 is 5.73 Å². The van der Waals surface area contributed by atoms with E-state index < -0.39 is 0 Å². The zero-order valence-electron chi connectivity index (χ0n) is 7.11. The van der Waals surface area contributed by atoms with Gasteiger partial charge in [-0.15, -0.1) is 0 Å². The Balaban J connectivity index is 3.10. The Morgan fingerprint density at radius 1 is 1.58 bits per heavy atom. The summed E-state index contributed by atoms with van der Waals surface area (Å²) in [4.78, 5) is 18.3. The monoisotopic (exact) mass is 165 g/mol. The molecule has 0 amide bonds. The van der Waals surface area contributed by atoms with Crippen LogP contribution in [-0.2, 0) is 0 Å². The summed E-state index contributed by atoms with van der Waals surface area (Å²) in [5, 5.41) is 0. The van der Waals surface area contributed by atoms with Gasteiger partial charge in [0.2, 0.25) is 0 Å². The molecule has 0 spiro atoms. The number of hydrogen-bond donors (Lipinski definition) is 1. The third kappa shape index (κ3) is 1.58. The van der Waals surface area contributed by atoms with Crippen LogP contribution in [0.1, 0.15) is 35.9 Å². The van der Waals surface area contributed by atoms with Crippen molar-refractivity contribution in [3.05, 3.63) is 17.6 Å². The molecule has 1 rings (SSSR count). The van der Waals surface area contributed by atoms with Crippen LogP contribution >= 0.6 is 0 Å². The van der Waals surface area contributed by atoms with Gasteiger partial charge in [0.15, 0.2) is 6.29 Å². The molecule has 0 bridgehead atoms. The molecule has 0 saturated heterocycles. The number of nitrogen functional groups attached to an aromatic ring is 1. The second-order valence-corrected chi connectivity index (χ2v) is 2.84. The highest BCUT2D eigenvalue weighted by atomic mass is 16.1. The summed E-state index contributed by atoms with van der Waals surface area (Å²) in [6, 6.07) is 0. The number of carbonyl (C=O) groups is 1. The van der Waals surface area contributed by atoms with Crippen molar-refractivity contribution in [1.82, 2.24) is 9.97 Å². The van der Waals surface area contributed by atoms with Gasteiger partial charge in [-0.2, -0.15) is 0 Å². The fraction of sp³-hybridized carbons (Fsp3) is 0.375. The van der Waals surface area contributed by atoms with E-state index >= 15 is 0 Å². The minimum absolute atomic E-state index is 0.230. The van der Waals surface area contributed by atoms with Crippen LogP contribution in [0, 0.1) is 0 Å². The Hall–Kier alpha value is -1.45. The van der Waals surface area contributed by atoms with Gasteiger partial charge in [0.05, 0.1) is 5.56 Å². The third-order valence-electron chi connectivity index (χ3n) is 1.51. The van der Waals surface area contributed by atoms with Crippen LogP contribution in [0.15, 0.2) is 6.20 Å². The Labute approximate surface area is 70.8 Å². The smallest absolute Gasteiger partial charge is 0.155 e. The maximum atomic E-state index is 10.3. The molecule has 0 aliphatic heterocycles. The topological polar surface area (TPSA) is 68.9 Å². The number of nitrogens with two attached hydrogens (primary N) is 1. The molecule has 4 nitrogen and oxygen atoms in total. The number of nitrogens with zero attached hydrogens (tertiary/aromatic N) is 2. The first kappa shape index (κ1) is 8.64. The molecule has 1 heterocycles. The number of anilines is 1. The summed E-state index contributed by atoms with van der Waals surface area (Å²) in [5.41, 5.74) is 5.83. The van der Waals surface area contributed by atoms with Crippen LogP contribution in [0.3, 0.4) is 0 Å². The lowest BCUT2D eigenvalue weighted by Gasteiger charge is -2.04. The van der Waals surface area contributed by atoms with E-state index in [9.17, 15) is 4.79 Å². The number of carbonyl (C=O) groups excluding carboxylic acids is 1. The molecule has 0 unspecified atom stereocenters. The molecule has 1 aromatic heterocycles. The van der Waals surface area contributed by atoms with Gasteiger partial charge in [-0.3, -0.25) is 4.79 Å². The molecular formula is C8H11N3O. The first-order valence-corrected chi connectivity index (χ1v) is 3.72. The second kappa shape index (κ2) is 3.30. The van der Waals surface area contributed by atoms with Crippen LogP contribution < -0.4 is 5.73 Å². The van der Waals surface area contributed by atoms with Gasteiger partial charge in [0.1, 0.15) is 11.6 Å². The van der Waals surface area contributed by atoms with E-state index in [1.54, 1.807) is 0 Å². The molecule has 4 heteroatoms. The lowest BCUT2D eigenvalue weighted by atomic mass is 10.2. The van der Waals surface area contributed by atoms with Crippen molar-refractivity contribution in [2.24, 2.45) is 0 Å². The van der Waals surface area contributed by atoms with E-state index in [2.05, 4.69) is 9.97 Å². The minimum atomic E-state index is 0.230. The normalized spacial score (nSPS) is 10.2. The maximum Gasteiger partial charge on any atom is 0.155 e. The highest BCUT2D eigenvalue weighted by Gasteiger charge is 2.05. The van der Waals surface area contributed by atoms with Crippen molar-refractivity contribution in [2.75, 3.05) is 5.73 Å². The molecule has 0 aliphatic carbocycles. The third-order valence-corrected chi connectivity index (χ3v) is 1.51. The van der Waals surface area contributed by atoms with Crippen LogP contribution in [0.4, 0.5) is 5.82 Å². The van der Waals surface area contributed by atoms with Crippen molar-refractivity contribution in [3.63, 3.8) is 0 Å². The van der Waals surface area contributed by atoms with Gasteiger partial charge in [-0.05, 0) is 0 Å².